The molecule has 4 nitrogen and oxygen atoms in total. The number of benzene rings is 8. The summed E-state index contributed by atoms with van der Waals surface area (Å²) in [5.41, 5.74) is 17.1. The molecule has 4 heterocycles. The highest BCUT2D eigenvalue weighted by atomic mass is 15.0. The van der Waals surface area contributed by atoms with Crippen molar-refractivity contribution in [2.45, 2.75) is 19.3 Å². The molecule has 12 aromatic rings. The fraction of sp³-hybridized carbons (Fsp3) is 0.0545. The maximum absolute atomic E-state index is 2.50. The van der Waals surface area contributed by atoms with Crippen molar-refractivity contribution in [2.75, 3.05) is 0 Å². The molecule has 4 aromatic heterocycles. The van der Waals surface area contributed by atoms with Gasteiger partial charge in [0.25, 0.3) is 0 Å². The summed E-state index contributed by atoms with van der Waals surface area (Å²) >= 11 is 0. The first-order chi connectivity index (χ1) is 29.0. The molecule has 0 aliphatic heterocycles. The van der Waals surface area contributed by atoms with Crippen LogP contribution in [0, 0.1) is 0 Å². The zero-order valence-electron chi connectivity index (χ0n) is 32.8. The van der Waals surface area contributed by atoms with Gasteiger partial charge in [-0.25, -0.2) is 0 Å². The molecule has 1 aliphatic carbocycles. The summed E-state index contributed by atoms with van der Waals surface area (Å²) in [7, 11) is 0. The van der Waals surface area contributed by atoms with Crippen molar-refractivity contribution >= 4 is 65.4 Å². The molecule has 13 rings (SSSR count). The van der Waals surface area contributed by atoms with Crippen LogP contribution in [-0.2, 0) is 5.41 Å². The molecule has 0 saturated carbocycles. The van der Waals surface area contributed by atoms with Crippen LogP contribution in [0.15, 0.2) is 194 Å². The van der Waals surface area contributed by atoms with E-state index < -0.39 is 0 Å². The predicted molar refractivity (Wildman–Crippen MR) is 246 cm³/mol. The van der Waals surface area contributed by atoms with Crippen LogP contribution >= 0.6 is 0 Å². The number of hydrogen-bond acceptors (Lipinski definition) is 0. The van der Waals surface area contributed by atoms with Gasteiger partial charge in [-0.15, -0.1) is 0 Å². The smallest absolute Gasteiger partial charge is 0.0788 e. The first-order valence-electron chi connectivity index (χ1n) is 20.5. The largest absolute Gasteiger partial charge is 0.315 e. The minimum Gasteiger partial charge on any atom is -0.315 e. The summed E-state index contributed by atoms with van der Waals surface area (Å²) in [4.78, 5) is 0. The molecule has 0 bridgehead atoms. The van der Waals surface area contributed by atoms with Crippen LogP contribution in [0.1, 0.15) is 25.0 Å². The van der Waals surface area contributed by atoms with E-state index in [0.29, 0.717) is 0 Å². The molecule has 1 aliphatic rings. The Morgan fingerprint density at radius 1 is 0.339 bits per heavy atom. The summed E-state index contributed by atoms with van der Waals surface area (Å²) in [5.74, 6) is 0. The highest BCUT2D eigenvalue weighted by Gasteiger charge is 2.36. The second-order valence-corrected chi connectivity index (χ2v) is 16.6. The van der Waals surface area contributed by atoms with E-state index in [9.17, 15) is 0 Å². The Hall–Kier alpha value is -7.56. The third-order valence-corrected chi connectivity index (χ3v) is 13.2. The van der Waals surface area contributed by atoms with Gasteiger partial charge in [0.1, 0.15) is 0 Å². The lowest BCUT2D eigenvalue weighted by Gasteiger charge is -2.23. The fourth-order valence-electron chi connectivity index (χ4n) is 10.5. The minimum absolute atomic E-state index is 0.243. The van der Waals surface area contributed by atoms with Crippen LogP contribution in [0.4, 0.5) is 0 Å². The van der Waals surface area contributed by atoms with Gasteiger partial charge in [0.15, 0.2) is 0 Å². The van der Waals surface area contributed by atoms with Crippen LogP contribution in [0.25, 0.3) is 99.3 Å². The second-order valence-electron chi connectivity index (χ2n) is 16.6. The summed E-state index contributed by atoms with van der Waals surface area (Å²) in [6.07, 6.45) is 4.42. The van der Waals surface area contributed by atoms with Crippen molar-refractivity contribution in [2.24, 2.45) is 0 Å². The van der Waals surface area contributed by atoms with Crippen LogP contribution in [0.5, 0.6) is 0 Å². The maximum atomic E-state index is 2.50. The van der Waals surface area contributed by atoms with E-state index in [4.69, 9.17) is 0 Å². The van der Waals surface area contributed by atoms with Crippen LogP contribution in [0.2, 0.25) is 0 Å². The molecule has 0 spiro atoms. The van der Waals surface area contributed by atoms with E-state index in [1.165, 1.54) is 99.0 Å². The molecule has 0 fully saturated rings. The average molecular weight is 755 g/mol. The molecule has 278 valence electrons. The minimum atomic E-state index is -0.243. The van der Waals surface area contributed by atoms with Crippen LogP contribution in [-0.4, -0.2) is 18.3 Å². The Kier molecular flexibility index (Phi) is 6.48. The standard InChI is InChI=1S/C55H38N4/c1-55(2)47-33-39(58-49-19-11-9-17-43(49)45-25-21-35-29-31-56(51(35)53(45)58)37-13-5-3-6-14-37)23-27-41(47)42-28-24-40(34-48(42)55)59-50-20-12-10-18-44(50)46-26-22-36-30-32-57(52(36)54(46)59)38-15-7-4-8-16-38/h3-34H,1-2H3. The lowest BCUT2D eigenvalue weighted by molar-refractivity contribution is 0.659. The third kappa shape index (κ3) is 4.38. The Bertz CT molecular complexity index is 3440. The van der Waals surface area contributed by atoms with Gasteiger partial charge in [0.2, 0.25) is 0 Å². The van der Waals surface area contributed by atoms with E-state index in [-0.39, 0.29) is 5.41 Å². The number of aromatic nitrogens is 4. The third-order valence-electron chi connectivity index (χ3n) is 13.2. The Morgan fingerprint density at radius 3 is 1.22 bits per heavy atom. The molecule has 0 atom stereocenters. The Morgan fingerprint density at radius 2 is 0.763 bits per heavy atom. The van der Waals surface area contributed by atoms with E-state index in [1.807, 2.05) is 0 Å². The fourth-order valence-corrected chi connectivity index (χ4v) is 10.5. The lowest BCUT2D eigenvalue weighted by Crippen LogP contribution is -2.16. The molecule has 0 radical (unpaired) electrons. The van der Waals surface area contributed by atoms with Gasteiger partial charge in [-0.05, 0) is 95.1 Å². The van der Waals surface area contributed by atoms with E-state index in [1.54, 1.807) is 0 Å². The first kappa shape index (κ1) is 32.5. The van der Waals surface area contributed by atoms with Gasteiger partial charge < -0.3 is 18.3 Å². The second kappa shape index (κ2) is 11.7. The van der Waals surface area contributed by atoms with Crippen molar-refractivity contribution in [1.82, 2.24) is 18.3 Å². The number of hydrogen-bond donors (Lipinski definition) is 0. The molecular weight excluding hydrogens is 717 g/mol. The SMILES string of the molecule is CC1(C)c2cc(-n3c4ccccc4c4ccc5ccn(-c6ccccc6)c5c43)ccc2-c2ccc(-n3c4ccccc4c4ccc5ccn(-c6ccccc6)c5c43)cc21. The van der Waals surface area contributed by atoms with Gasteiger partial charge in [0.05, 0.1) is 33.1 Å². The van der Waals surface area contributed by atoms with Gasteiger partial charge in [0, 0.05) is 72.9 Å². The zero-order valence-corrected chi connectivity index (χ0v) is 32.8. The highest BCUT2D eigenvalue weighted by Crippen LogP contribution is 2.51. The molecule has 0 saturated heterocycles. The predicted octanol–water partition coefficient (Wildman–Crippen LogP) is 14.1. The number of para-hydroxylation sites is 4. The number of rotatable bonds is 4. The summed E-state index contributed by atoms with van der Waals surface area (Å²) < 4.78 is 9.70. The van der Waals surface area contributed by atoms with Gasteiger partial charge in [-0.2, -0.15) is 0 Å². The lowest BCUT2D eigenvalue weighted by atomic mass is 9.82. The summed E-state index contributed by atoms with van der Waals surface area (Å²) in [6, 6.07) is 67.1. The van der Waals surface area contributed by atoms with Crippen LogP contribution < -0.4 is 0 Å². The highest BCUT2D eigenvalue weighted by molar-refractivity contribution is 6.19. The van der Waals surface area contributed by atoms with Crippen molar-refractivity contribution < 1.29 is 0 Å². The quantitative estimate of drug-likeness (QED) is 0.170. The summed E-state index contributed by atoms with van der Waals surface area (Å²) in [6.45, 7) is 4.81. The monoisotopic (exact) mass is 754 g/mol. The Balaban J connectivity index is 1.02. The molecule has 8 aromatic carbocycles. The van der Waals surface area contributed by atoms with Crippen LogP contribution in [0.3, 0.4) is 0 Å². The number of fused-ring (bicyclic) bond motifs is 13. The Labute approximate surface area is 341 Å². The molecule has 0 amide bonds. The summed E-state index contributed by atoms with van der Waals surface area (Å²) in [5, 5.41) is 7.49. The normalized spacial score (nSPS) is 13.4. The molecular formula is C55H38N4. The van der Waals surface area contributed by atoms with Gasteiger partial charge in [-0.1, -0.05) is 123 Å². The topological polar surface area (TPSA) is 19.7 Å². The van der Waals surface area contributed by atoms with Crippen molar-refractivity contribution in [3.05, 3.63) is 206 Å². The number of nitrogens with zero attached hydrogens (tertiary/aromatic N) is 4. The first-order valence-corrected chi connectivity index (χ1v) is 20.5. The molecule has 0 N–H and O–H groups in total. The van der Waals surface area contributed by atoms with Crippen molar-refractivity contribution in [3.63, 3.8) is 0 Å². The van der Waals surface area contributed by atoms with Gasteiger partial charge >= 0.3 is 0 Å². The van der Waals surface area contributed by atoms with Gasteiger partial charge in [-0.3, -0.25) is 0 Å². The van der Waals surface area contributed by atoms with E-state index in [2.05, 4.69) is 227 Å². The molecule has 4 heteroatoms. The van der Waals surface area contributed by atoms with E-state index >= 15 is 0 Å². The average Bonchev–Trinajstić information content (AvgIpc) is 4.10. The van der Waals surface area contributed by atoms with Crippen molar-refractivity contribution in [3.8, 4) is 33.9 Å². The zero-order chi connectivity index (χ0) is 39.0. The molecule has 0 unspecified atom stereocenters. The molecule has 59 heavy (non-hydrogen) atoms. The van der Waals surface area contributed by atoms with Crippen molar-refractivity contribution in [1.29, 1.82) is 0 Å². The maximum Gasteiger partial charge on any atom is 0.0788 e. The van der Waals surface area contributed by atoms with E-state index in [0.717, 1.165) is 11.4 Å².